The Labute approximate surface area is 205 Å². The highest BCUT2D eigenvalue weighted by Gasteiger charge is 2.76. The Balaban J connectivity index is 1.63. The SMILES string of the molecule is CC(=O)[C@]1(C)CC[C@@]2(C)[C@H]1C(=O)C[C@]1(C)[C@@H]2C(=O)C[C@@H]2[C@@]3(C)CCC(=O)C(C)(C)[C@@H]3CC[C@]21C. The Kier molecular flexibility index (Phi) is 4.81. The van der Waals surface area contributed by atoms with Crippen molar-refractivity contribution in [3.05, 3.63) is 0 Å². The van der Waals surface area contributed by atoms with Gasteiger partial charge in [0.2, 0.25) is 0 Å². The van der Waals surface area contributed by atoms with Gasteiger partial charge in [-0.3, -0.25) is 19.2 Å². The van der Waals surface area contributed by atoms with Crippen molar-refractivity contribution in [1.82, 2.24) is 0 Å². The maximum Gasteiger partial charge on any atom is 0.138 e. The van der Waals surface area contributed by atoms with Crippen LogP contribution in [0.1, 0.15) is 107 Å². The van der Waals surface area contributed by atoms with Crippen LogP contribution in [0.5, 0.6) is 0 Å². The number of ketones is 4. The minimum absolute atomic E-state index is 0.0710. The third-order valence-electron chi connectivity index (χ3n) is 13.3. The molecule has 5 rings (SSSR count). The Morgan fingerprint density at radius 2 is 1.38 bits per heavy atom. The van der Waals surface area contributed by atoms with E-state index in [0.717, 1.165) is 25.7 Å². The van der Waals surface area contributed by atoms with Crippen LogP contribution >= 0.6 is 0 Å². The topological polar surface area (TPSA) is 68.3 Å². The average Bonchev–Trinajstić information content (AvgIpc) is 3.00. The van der Waals surface area contributed by atoms with E-state index < -0.39 is 16.2 Å². The molecule has 9 atom stereocenters. The van der Waals surface area contributed by atoms with E-state index in [2.05, 4.69) is 41.5 Å². The van der Waals surface area contributed by atoms with Gasteiger partial charge in [-0.25, -0.2) is 0 Å². The van der Waals surface area contributed by atoms with Crippen molar-refractivity contribution in [3.8, 4) is 0 Å². The predicted molar refractivity (Wildman–Crippen MR) is 131 cm³/mol. The van der Waals surface area contributed by atoms with Crippen molar-refractivity contribution in [3.63, 3.8) is 0 Å². The molecule has 0 aromatic carbocycles. The van der Waals surface area contributed by atoms with Crippen molar-refractivity contribution >= 4 is 23.1 Å². The highest BCUT2D eigenvalue weighted by atomic mass is 16.1. The third-order valence-corrected chi connectivity index (χ3v) is 13.3. The lowest BCUT2D eigenvalue weighted by Gasteiger charge is -2.71. The second kappa shape index (κ2) is 6.71. The van der Waals surface area contributed by atoms with E-state index in [-0.39, 0.29) is 51.5 Å². The van der Waals surface area contributed by atoms with Crippen molar-refractivity contribution < 1.29 is 19.2 Å². The molecule has 4 heteroatoms. The molecule has 5 saturated carbocycles. The van der Waals surface area contributed by atoms with Crippen molar-refractivity contribution in [2.24, 2.45) is 56.2 Å². The molecule has 0 radical (unpaired) electrons. The first kappa shape index (κ1) is 24.4. The lowest BCUT2D eigenvalue weighted by atomic mass is 9.31. The lowest BCUT2D eigenvalue weighted by Crippen LogP contribution is -2.70. The van der Waals surface area contributed by atoms with Gasteiger partial charge in [-0.05, 0) is 72.5 Å². The zero-order valence-electron chi connectivity index (χ0n) is 22.6. The first-order valence-electron chi connectivity index (χ1n) is 13.6. The van der Waals surface area contributed by atoms with Crippen molar-refractivity contribution in [2.75, 3.05) is 0 Å². The third kappa shape index (κ3) is 2.51. The molecule has 0 amide bonds. The van der Waals surface area contributed by atoms with Gasteiger partial charge in [0.15, 0.2) is 0 Å². The number of fused-ring (bicyclic) bond motifs is 7. The van der Waals surface area contributed by atoms with Gasteiger partial charge in [0.1, 0.15) is 23.1 Å². The molecule has 34 heavy (non-hydrogen) atoms. The van der Waals surface area contributed by atoms with Crippen LogP contribution in [-0.4, -0.2) is 23.1 Å². The highest BCUT2D eigenvalue weighted by Crippen LogP contribution is 2.77. The van der Waals surface area contributed by atoms with Gasteiger partial charge in [0, 0.05) is 41.9 Å². The van der Waals surface area contributed by atoms with Crippen LogP contribution in [0.15, 0.2) is 0 Å². The number of carbonyl (C=O) groups is 4. The molecule has 0 aromatic rings. The standard InChI is InChI=1S/C30H44O4/c1-17(31)26(4)13-14-28(6)23(26)19(33)16-30(8)24(28)18(32)15-21-27(5)11-10-22(34)25(2,3)20(27)9-12-29(21,30)7/h20-21,23-24H,9-16H2,1-8H3/t20-,21+,23-,24+,26-,27-,28-,29+,30+/m0/s1. The maximum atomic E-state index is 14.2. The van der Waals surface area contributed by atoms with Crippen LogP contribution in [0.25, 0.3) is 0 Å². The highest BCUT2D eigenvalue weighted by molar-refractivity contribution is 5.97. The molecule has 5 aliphatic rings. The van der Waals surface area contributed by atoms with E-state index in [1.54, 1.807) is 6.92 Å². The minimum atomic E-state index is -0.650. The molecule has 0 heterocycles. The summed E-state index contributed by atoms with van der Waals surface area (Å²) in [5, 5.41) is 0. The zero-order chi connectivity index (χ0) is 25.3. The molecule has 0 saturated heterocycles. The number of hydrogen-bond acceptors (Lipinski definition) is 4. The van der Waals surface area contributed by atoms with Crippen molar-refractivity contribution in [1.29, 1.82) is 0 Å². The van der Waals surface area contributed by atoms with E-state index in [1.165, 1.54) is 0 Å². The molecule has 0 N–H and O–H groups in total. The lowest BCUT2D eigenvalue weighted by molar-refractivity contribution is -0.228. The normalized spacial score (nSPS) is 54.1. The molecule has 0 unspecified atom stereocenters. The molecule has 5 fully saturated rings. The number of Topliss-reactive ketones (excluding diaryl/α,β-unsaturated/α-hetero) is 4. The van der Waals surface area contributed by atoms with E-state index >= 15 is 0 Å². The fourth-order valence-electron chi connectivity index (χ4n) is 11.3. The van der Waals surface area contributed by atoms with Gasteiger partial charge in [0.25, 0.3) is 0 Å². The van der Waals surface area contributed by atoms with Crippen LogP contribution in [0.2, 0.25) is 0 Å². The van der Waals surface area contributed by atoms with Crippen LogP contribution < -0.4 is 0 Å². The van der Waals surface area contributed by atoms with Gasteiger partial charge in [-0.15, -0.1) is 0 Å². The van der Waals surface area contributed by atoms with Gasteiger partial charge in [-0.2, -0.15) is 0 Å². The summed E-state index contributed by atoms with van der Waals surface area (Å²) in [5.74, 6) is 0.916. The Bertz CT molecular complexity index is 1010. The Hall–Kier alpha value is -1.32. The first-order valence-corrected chi connectivity index (χ1v) is 13.6. The molecule has 5 aliphatic carbocycles. The summed E-state index contributed by atoms with van der Waals surface area (Å²) in [5.41, 5.74) is -2.07. The number of carbonyl (C=O) groups excluding carboxylic acids is 4. The van der Waals surface area contributed by atoms with E-state index in [0.29, 0.717) is 37.2 Å². The predicted octanol–water partition coefficient (Wildman–Crippen LogP) is 5.99. The van der Waals surface area contributed by atoms with Gasteiger partial charge >= 0.3 is 0 Å². The van der Waals surface area contributed by atoms with Crippen LogP contribution in [-0.2, 0) is 19.2 Å². The average molecular weight is 469 g/mol. The quantitative estimate of drug-likeness (QED) is 0.474. The largest absolute Gasteiger partial charge is 0.299 e. The molecule has 0 spiro atoms. The smallest absolute Gasteiger partial charge is 0.138 e. The molecular formula is C30H44O4. The summed E-state index contributed by atoms with van der Waals surface area (Å²) in [4.78, 5) is 53.9. The fourth-order valence-corrected chi connectivity index (χ4v) is 11.3. The maximum absolute atomic E-state index is 14.2. The summed E-state index contributed by atoms with van der Waals surface area (Å²) >= 11 is 0. The van der Waals surface area contributed by atoms with Gasteiger partial charge < -0.3 is 0 Å². The monoisotopic (exact) mass is 468 g/mol. The minimum Gasteiger partial charge on any atom is -0.299 e. The first-order chi connectivity index (χ1) is 15.5. The van der Waals surface area contributed by atoms with Gasteiger partial charge in [-0.1, -0.05) is 48.5 Å². The van der Waals surface area contributed by atoms with Crippen LogP contribution in [0, 0.1) is 56.2 Å². The summed E-state index contributed by atoms with van der Waals surface area (Å²) in [6, 6.07) is 0. The fraction of sp³-hybridized carbons (Fsp3) is 0.867. The van der Waals surface area contributed by atoms with E-state index in [9.17, 15) is 19.2 Å². The van der Waals surface area contributed by atoms with E-state index in [1.807, 2.05) is 6.92 Å². The second-order valence-corrected chi connectivity index (χ2v) is 14.8. The summed E-state index contributed by atoms with van der Waals surface area (Å²) in [6.45, 7) is 17.0. The Morgan fingerprint density at radius 1 is 0.735 bits per heavy atom. The van der Waals surface area contributed by atoms with E-state index in [4.69, 9.17) is 0 Å². The second-order valence-electron chi connectivity index (χ2n) is 14.8. The zero-order valence-corrected chi connectivity index (χ0v) is 22.6. The summed E-state index contributed by atoms with van der Waals surface area (Å²) < 4.78 is 0. The molecule has 188 valence electrons. The number of rotatable bonds is 1. The summed E-state index contributed by atoms with van der Waals surface area (Å²) in [7, 11) is 0. The van der Waals surface area contributed by atoms with Crippen LogP contribution in [0.4, 0.5) is 0 Å². The summed E-state index contributed by atoms with van der Waals surface area (Å²) in [6.07, 6.45) is 5.83. The van der Waals surface area contributed by atoms with Crippen molar-refractivity contribution in [2.45, 2.75) is 107 Å². The van der Waals surface area contributed by atoms with Gasteiger partial charge in [0.05, 0.1) is 0 Å². The molecule has 0 aliphatic heterocycles. The van der Waals surface area contributed by atoms with Crippen LogP contribution in [0.3, 0.4) is 0 Å². The number of hydrogen-bond donors (Lipinski definition) is 0. The molecular weight excluding hydrogens is 424 g/mol. The molecule has 0 bridgehead atoms. The molecule has 4 nitrogen and oxygen atoms in total. The Morgan fingerprint density at radius 3 is 2.00 bits per heavy atom. The molecule has 0 aromatic heterocycles.